The highest BCUT2D eigenvalue weighted by molar-refractivity contribution is 7.15. The van der Waals surface area contributed by atoms with E-state index < -0.39 is 6.61 Å². The van der Waals surface area contributed by atoms with Crippen molar-refractivity contribution in [2.24, 2.45) is 11.3 Å². The molecule has 2 heterocycles. The Morgan fingerprint density at radius 3 is 2.37 bits per heavy atom. The van der Waals surface area contributed by atoms with Gasteiger partial charge in [0.25, 0.3) is 0 Å². The zero-order valence-electron chi connectivity index (χ0n) is 27.7. The second kappa shape index (κ2) is 13.4. The van der Waals surface area contributed by atoms with Crippen LogP contribution in [0.1, 0.15) is 100 Å². The molecule has 4 aliphatic rings. The Labute approximate surface area is 277 Å². The van der Waals surface area contributed by atoms with Gasteiger partial charge in [-0.05, 0) is 117 Å². The number of aliphatic hydroxyl groups is 1. The van der Waals surface area contributed by atoms with Gasteiger partial charge >= 0.3 is 0 Å². The molecule has 46 heavy (non-hydrogen) atoms. The summed E-state index contributed by atoms with van der Waals surface area (Å²) >= 11 is 1.70. The molecule has 7 rings (SSSR count). The Morgan fingerprint density at radius 2 is 1.76 bits per heavy atom. The number of aliphatic hydroxyl groups excluding tert-OH is 1. The fourth-order valence-electron chi connectivity index (χ4n) is 8.13. The smallest absolute Gasteiger partial charge is 0.245 e. The van der Waals surface area contributed by atoms with Crippen LogP contribution in [-0.2, 0) is 15.0 Å². The Bertz CT molecular complexity index is 1540. The number of nitrogens with one attached hydrogen (secondary N) is 1. The fraction of sp³-hybridized carbons (Fsp3) is 0.568. The predicted octanol–water partition coefficient (Wildman–Crippen LogP) is 6.94. The highest BCUT2D eigenvalue weighted by Crippen LogP contribution is 2.58. The lowest BCUT2D eigenvalue weighted by Gasteiger charge is -2.55. The number of pyridine rings is 1. The van der Waals surface area contributed by atoms with Crippen LogP contribution in [0.3, 0.4) is 0 Å². The van der Waals surface area contributed by atoms with E-state index in [9.17, 15) is 14.7 Å². The molecule has 3 aromatic rings. The van der Waals surface area contributed by atoms with Gasteiger partial charge in [-0.2, -0.15) is 0 Å². The van der Waals surface area contributed by atoms with E-state index in [-0.39, 0.29) is 34.6 Å². The number of amides is 2. The zero-order chi connectivity index (χ0) is 32.5. The van der Waals surface area contributed by atoms with Gasteiger partial charge in [-0.15, -0.1) is 11.3 Å². The molecule has 2 amide bonds. The summed E-state index contributed by atoms with van der Waals surface area (Å²) in [5.74, 6) is 1.70. The van der Waals surface area contributed by atoms with Gasteiger partial charge in [0.15, 0.2) is 0 Å². The standard InChI is InChI=1S/C37H48N4O4S/c1-24(2)34-39-21-31(46-34)27-11-18-38-32(20-27)41(35(44)26-5-8-29(9-6-26)40-33(43)22-42)23-36-12-15-37(16-13-36,17-14-36)28-7-10-30(45-4)25(3)19-28/h7,10-11,18-21,24,26,29,42H,5-6,8-9,12-17,22-23H2,1-4H3,(H,40,43). The molecule has 4 fully saturated rings. The summed E-state index contributed by atoms with van der Waals surface area (Å²) < 4.78 is 5.54. The third-order valence-electron chi connectivity index (χ3n) is 11.1. The van der Waals surface area contributed by atoms with Gasteiger partial charge in [0.1, 0.15) is 18.2 Å². The van der Waals surface area contributed by atoms with Gasteiger partial charge in [-0.3, -0.25) is 14.5 Å². The quantitative estimate of drug-likeness (QED) is 0.248. The second-order valence-corrected chi connectivity index (χ2v) is 15.3. The minimum Gasteiger partial charge on any atom is -0.496 e. The number of benzene rings is 1. The molecule has 9 heteroatoms. The van der Waals surface area contributed by atoms with Crippen molar-refractivity contribution in [2.75, 3.05) is 25.2 Å². The lowest BCUT2D eigenvalue weighted by atomic mass is 9.51. The maximum Gasteiger partial charge on any atom is 0.245 e. The lowest BCUT2D eigenvalue weighted by molar-refractivity contribution is -0.125. The second-order valence-electron chi connectivity index (χ2n) is 14.3. The van der Waals surface area contributed by atoms with Crippen molar-refractivity contribution in [3.63, 3.8) is 0 Å². The topological polar surface area (TPSA) is 105 Å². The summed E-state index contributed by atoms with van der Waals surface area (Å²) in [6, 6.07) is 10.8. The molecule has 0 radical (unpaired) electrons. The first-order valence-electron chi connectivity index (χ1n) is 16.9. The monoisotopic (exact) mass is 644 g/mol. The van der Waals surface area contributed by atoms with E-state index in [4.69, 9.17) is 9.72 Å². The molecular weight excluding hydrogens is 596 g/mol. The molecule has 0 unspecified atom stereocenters. The molecule has 0 spiro atoms. The molecule has 2 aromatic heterocycles. The summed E-state index contributed by atoms with van der Waals surface area (Å²) in [5, 5.41) is 13.2. The van der Waals surface area contributed by atoms with Crippen LogP contribution < -0.4 is 15.0 Å². The first-order valence-corrected chi connectivity index (χ1v) is 17.7. The van der Waals surface area contributed by atoms with Crippen molar-refractivity contribution < 1.29 is 19.4 Å². The molecule has 8 nitrogen and oxygen atoms in total. The third-order valence-corrected chi connectivity index (χ3v) is 12.4. The van der Waals surface area contributed by atoms with Gasteiger partial charge in [0.05, 0.1) is 17.0 Å². The van der Waals surface area contributed by atoms with E-state index in [1.165, 1.54) is 11.1 Å². The average molecular weight is 645 g/mol. The highest BCUT2D eigenvalue weighted by Gasteiger charge is 2.51. The molecule has 4 saturated carbocycles. The number of rotatable bonds is 10. The first-order chi connectivity index (χ1) is 22.1. The molecule has 1 aromatic carbocycles. The molecule has 2 bridgehead atoms. The van der Waals surface area contributed by atoms with Crippen LogP contribution in [0, 0.1) is 18.3 Å². The van der Waals surface area contributed by atoms with E-state index in [0.717, 1.165) is 78.4 Å². The summed E-state index contributed by atoms with van der Waals surface area (Å²) in [5.41, 5.74) is 3.92. The van der Waals surface area contributed by atoms with Crippen LogP contribution in [-0.4, -0.2) is 53.2 Å². The van der Waals surface area contributed by atoms with Gasteiger partial charge in [0.2, 0.25) is 11.8 Å². The lowest BCUT2D eigenvalue weighted by Crippen LogP contribution is -2.52. The van der Waals surface area contributed by atoms with Gasteiger partial charge in [-0.25, -0.2) is 9.97 Å². The van der Waals surface area contributed by atoms with Crippen LogP contribution in [0.4, 0.5) is 5.82 Å². The molecule has 0 atom stereocenters. The van der Waals surface area contributed by atoms with Crippen LogP contribution in [0.25, 0.3) is 10.4 Å². The van der Waals surface area contributed by atoms with E-state index in [1.807, 2.05) is 23.4 Å². The number of ether oxygens (including phenoxy) is 1. The van der Waals surface area contributed by atoms with Crippen molar-refractivity contribution in [1.82, 2.24) is 15.3 Å². The molecule has 0 saturated heterocycles. The Balaban J connectivity index is 1.24. The first kappa shape index (κ1) is 32.6. The highest BCUT2D eigenvalue weighted by atomic mass is 32.1. The zero-order valence-corrected chi connectivity index (χ0v) is 28.5. The number of carbonyl (C=O) groups is 2. The van der Waals surface area contributed by atoms with E-state index in [0.29, 0.717) is 25.3 Å². The van der Waals surface area contributed by atoms with Crippen LogP contribution in [0.2, 0.25) is 0 Å². The molecule has 246 valence electrons. The maximum absolute atomic E-state index is 14.5. The number of thiazole rings is 1. The number of hydrogen-bond acceptors (Lipinski definition) is 7. The number of fused-ring (bicyclic) bond motifs is 3. The van der Waals surface area contributed by atoms with Crippen molar-refractivity contribution in [3.05, 3.63) is 58.9 Å². The SMILES string of the molecule is COc1ccc(C23CCC(CN(C(=O)C4CCC(NC(=O)CO)CC4)c4cc(-c5cnc(C(C)C)s5)ccn4)(CC2)CC3)cc1C. The Kier molecular flexibility index (Phi) is 9.53. The minimum atomic E-state index is -0.505. The number of nitrogens with zero attached hydrogens (tertiary/aromatic N) is 3. The number of carbonyl (C=O) groups excluding carboxylic acids is 2. The minimum absolute atomic E-state index is 0.00471. The molecule has 2 N–H and O–H groups in total. The van der Waals surface area contributed by atoms with Gasteiger partial charge in [-0.1, -0.05) is 26.0 Å². The number of hydrogen-bond donors (Lipinski definition) is 2. The van der Waals surface area contributed by atoms with E-state index >= 15 is 0 Å². The number of anilines is 1. The number of methoxy groups -OCH3 is 1. The van der Waals surface area contributed by atoms with Crippen LogP contribution in [0.15, 0.2) is 42.7 Å². The van der Waals surface area contributed by atoms with E-state index in [2.05, 4.69) is 55.3 Å². The maximum atomic E-state index is 14.5. The van der Waals surface area contributed by atoms with Crippen LogP contribution >= 0.6 is 11.3 Å². The predicted molar refractivity (Wildman–Crippen MR) is 182 cm³/mol. The largest absolute Gasteiger partial charge is 0.496 e. The summed E-state index contributed by atoms with van der Waals surface area (Å²) in [4.78, 5) is 38.8. The average Bonchev–Trinajstić information content (AvgIpc) is 3.59. The van der Waals surface area contributed by atoms with Crippen molar-refractivity contribution in [3.8, 4) is 16.2 Å². The molecular formula is C37H48N4O4S. The van der Waals surface area contributed by atoms with Gasteiger partial charge < -0.3 is 15.2 Å². The number of aromatic nitrogens is 2. The number of aryl methyl sites for hydroxylation is 1. The van der Waals surface area contributed by atoms with Crippen molar-refractivity contribution in [2.45, 2.75) is 102 Å². The Morgan fingerprint density at radius 1 is 1.04 bits per heavy atom. The molecule has 4 aliphatic carbocycles. The summed E-state index contributed by atoms with van der Waals surface area (Å²) in [6.45, 7) is 6.62. The summed E-state index contributed by atoms with van der Waals surface area (Å²) in [6.07, 6.45) is 13.3. The molecule has 0 aliphatic heterocycles. The third kappa shape index (κ3) is 6.58. The van der Waals surface area contributed by atoms with Crippen molar-refractivity contribution in [1.29, 1.82) is 0 Å². The summed E-state index contributed by atoms with van der Waals surface area (Å²) in [7, 11) is 1.73. The fourth-order valence-corrected chi connectivity index (χ4v) is 9.05. The van der Waals surface area contributed by atoms with Crippen molar-refractivity contribution >= 4 is 29.0 Å². The Hall–Kier alpha value is -3.30. The van der Waals surface area contributed by atoms with Gasteiger partial charge in [0, 0.05) is 36.8 Å². The van der Waals surface area contributed by atoms with Crippen LogP contribution in [0.5, 0.6) is 5.75 Å². The van der Waals surface area contributed by atoms with E-state index in [1.54, 1.807) is 18.4 Å². The normalized spacial score (nSPS) is 25.8.